The van der Waals surface area contributed by atoms with Gasteiger partial charge in [0.1, 0.15) is 17.7 Å². The van der Waals surface area contributed by atoms with Crippen molar-refractivity contribution in [1.29, 1.82) is 0 Å². The molecule has 2 atom stereocenters. The second-order valence-electron chi connectivity index (χ2n) is 7.14. The van der Waals surface area contributed by atoms with Gasteiger partial charge in [0.2, 0.25) is 0 Å². The minimum absolute atomic E-state index is 0.254. The van der Waals surface area contributed by atoms with Gasteiger partial charge >= 0.3 is 0 Å². The van der Waals surface area contributed by atoms with E-state index in [1.54, 1.807) is 6.20 Å². The van der Waals surface area contributed by atoms with Gasteiger partial charge in [0, 0.05) is 41.2 Å². The molecule has 1 aliphatic heterocycles. The molecule has 3 aromatic rings. The molecule has 5 heteroatoms. The number of halogens is 2. The summed E-state index contributed by atoms with van der Waals surface area (Å²) in [5.41, 5.74) is 2.95. The first-order valence-electron chi connectivity index (χ1n) is 9.49. The van der Waals surface area contributed by atoms with E-state index in [2.05, 4.69) is 22.4 Å². The molecular weight excluding hydrogens is 375 g/mol. The predicted octanol–water partition coefficient (Wildman–Crippen LogP) is 5.19. The largest absolute Gasteiger partial charge is 0.485 e. The van der Waals surface area contributed by atoms with Gasteiger partial charge in [0.05, 0.1) is 6.20 Å². The summed E-state index contributed by atoms with van der Waals surface area (Å²) in [4.78, 5) is 4.03. The number of nitrogens with zero attached hydrogens (tertiary/aromatic N) is 1. The SMILES string of the molecule is Fc1cncc([C@@H](Oc2ccc(Cl)cc2Cc2ccccc2)C2CCNC2)c1. The number of pyridine rings is 1. The third kappa shape index (κ3) is 4.51. The molecule has 28 heavy (non-hydrogen) atoms. The lowest BCUT2D eigenvalue weighted by Gasteiger charge is -2.26. The van der Waals surface area contributed by atoms with E-state index in [1.807, 2.05) is 36.4 Å². The molecule has 0 bridgehead atoms. The van der Waals surface area contributed by atoms with Crippen molar-refractivity contribution in [2.75, 3.05) is 13.1 Å². The van der Waals surface area contributed by atoms with Gasteiger partial charge < -0.3 is 10.1 Å². The van der Waals surface area contributed by atoms with Gasteiger partial charge in [-0.1, -0.05) is 41.9 Å². The Hall–Kier alpha value is -2.43. The van der Waals surface area contributed by atoms with Crippen LogP contribution in [0.1, 0.15) is 29.2 Å². The molecule has 0 saturated carbocycles. The van der Waals surface area contributed by atoms with Crippen molar-refractivity contribution < 1.29 is 9.13 Å². The predicted molar refractivity (Wildman–Crippen MR) is 109 cm³/mol. The lowest BCUT2D eigenvalue weighted by atomic mass is 9.95. The summed E-state index contributed by atoms with van der Waals surface area (Å²) in [5.74, 6) is 0.677. The molecule has 1 fully saturated rings. The van der Waals surface area contributed by atoms with Crippen LogP contribution in [0.3, 0.4) is 0 Å². The maximum Gasteiger partial charge on any atom is 0.141 e. The van der Waals surface area contributed by atoms with Crippen LogP contribution in [0.25, 0.3) is 0 Å². The number of ether oxygens (including phenoxy) is 1. The van der Waals surface area contributed by atoms with Crippen molar-refractivity contribution in [2.24, 2.45) is 5.92 Å². The molecule has 1 aromatic heterocycles. The average Bonchev–Trinajstić information content (AvgIpc) is 3.23. The van der Waals surface area contributed by atoms with Crippen LogP contribution in [0.2, 0.25) is 5.02 Å². The van der Waals surface area contributed by atoms with Crippen molar-refractivity contribution in [3.05, 3.63) is 94.5 Å². The highest BCUT2D eigenvalue weighted by Crippen LogP contribution is 2.35. The summed E-state index contributed by atoms with van der Waals surface area (Å²) in [6.45, 7) is 1.77. The molecule has 4 rings (SSSR count). The van der Waals surface area contributed by atoms with Crippen LogP contribution in [0.15, 0.2) is 67.0 Å². The third-order valence-corrected chi connectivity index (χ3v) is 5.33. The minimum atomic E-state index is -0.349. The monoisotopic (exact) mass is 396 g/mol. The zero-order chi connectivity index (χ0) is 19.3. The second kappa shape index (κ2) is 8.72. The summed E-state index contributed by atoms with van der Waals surface area (Å²) < 4.78 is 20.3. The molecule has 0 radical (unpaired) electrons. The molecular formula is C23H22ClFN2O. The molecule has 1 aliphatic rings. The van der Waals surface area contributed by atoms with Crippen LogP contribution in [0.4, 0.5) is 4.39 Å². The zero-order valence-corrected chi connectivity index (χ0v) is 16.2. The number of rotatable bonds is 6. The van der Waals surface area contributed by atoms with Gasteiger partial charge in [0.15, 0.2) is 0 Å². The van der Waals surface area contributed by atoms with Crippen LogP contribution in [-0.2, 0) is 6.42 Å². The van der Waals surface area contributed by atoms with E-state index in [0.717, 1.165) is 36.4 Å². The molecule has 2 aromatic carbocycles. The summed E-state index contributed by atoms with van der Waals surface area (Å²) in [7, 11) is 0. The Morgan fingerprint density at radius 1 is 1.14 bits per heavy atom. The van der Waals surface area contributed by atoms with Gasteiger partial charge in [-0.15, -0.1) is 0 Å². The number of hydrogen-bond donors (Lipinski definition) is 1. The van der Waals surface area contributed by atoms with Crippen LogP contribution in [0, 0.1) is 11.7 Å². The van der Waals surface area contributed by atoms with Crippen LogP contribution >= 0.6 is 11.6 Å². The normalized spacial score (nSPS) is 17.4. The van der Waals surface area contributed by atoms with Crippen molar-refractivity contribution >= 4 is 11.6 Å². The second-order valence-corrected chi connectivity index (χ2v) is 7.58. The molecule has 144 valence electrons. The average molecular weight is 397 g/mol. The molecule has 0 amide bonds. The minimum Gasteiger partial charge on any atom is -0.485 e. The van der Waals surface area contributed by atoms with Gasteiger partial charge in [-0.25, -0.2) is 4.39 Å². The number of nitrogens with one attached hydrogen (secondary N) is 1. The highest BCUT2D eigenvalue weighted by Gasteiger charge is 2.29. The Kier molecular flexibility index (Phi) is 5.89. The van der Waals surface area contributed by atoms with E-state index in [9.17, 15) is 4.39 Å². The maximum atomic E-state index is 13.8. The summed E-state index contributed by atoms with van der Waals surface area (Å²) in [5, 5.41) is 4.04. The Labute approximate surface area is 169 Å². The molecule has 0 spiro atoms. The molecule has 1 unspecified atom stereocenters. The van der Waals surface area contributed by atoms with E-state index in [0.29, 0.717) is 11.4 Å². The van der Waals surface area contributed by atoms with E-state index >= 15 is 0 Å². The van der Waals surface area contributed by atoms with Gasteiger partial charge in [-0.2, -0.15) is 0 Å². The first-order valence-corrected chi connectivity index (χ1v) is 9.87. The molecule has 1 N–H and O–H groups in total. The van der Waals surface area contributed by atoms with Gasteiger partial charge in [0.25, 0.3) is 0 Å². The number of benzene rings is 2. The van der Waals surface area contributed by atoms with E-state index in [4.69, 9.17) is 16.3 Å². The fourth-order valence-electron chi connectivity index (χ4n) is 3.71. The third-order valence-electron chi connectivity index (χ3n) is 5.10. The molecule has 1 saturated heterocycles. The quantitative estimate of drug-likeness (QED) is 0.622. The lowest BCUT2D eigenvalue weighted by molar-refractivity contribution is 0.142. The van der Waals surface area contributed by atoms with Crippen LogP contribution in [0.5, 0.6) is 5.75 Å². The first kappa shape index (κ1) is 18.9. The summed E-state index contributed by atoms with van der Waals surface area (Å²) in [6, 6.07) is 17.4. The fourth-order valence-corrected chi connectivity index (χ4v) is 3.90. The first-order chi connectivity index (χ1) is 13.7. The Morgan fingerprint density at radius 3 is 2.75 bits per heavy atom. The van der Waals surface area contributed by atoms with Gasteiger partial charge in [-0.05, 0) is 42.8 Å². The van der Waals surface area contributed by atoms with Crippen molar-refractivity contribution in [1.82, 2.24) is 10.3 Å². The maximum absolute atomic E-state index is 13.8. The van der Waals surface area contributed by atoms with Gasteiger partial charge in [-0.3, -0.25) is 4.98 Å². The van der Waals surface area contributed by atoms with E-state index in [-0.39, 0.29) is 17.8 Å². The standard InChI is InChI=1S/C23H22ClFN2O/c24-20-6-7-22(18(11-20)10-16-4-2-1-3-5-16)28-23(17-8-9-26-13-17)19-12-21(25)15-27-14-19/h1-7,11-12,14-15,17,23,26H,8-10,13H2/t17?,23-/m0/s1. The molecule has 0 aliphatic carbocycles. The van der Waals surface area contributed by atoms with E-state index in [1.165, 1.54) is 17.8 Å². The Morgan fingerprint density at radius 2 is 2.00 bits per heavy atom. The fraction of sp³-hybridized carbons (Fsp3) is 0.261. The topological polar surface area (TPSA) is 34.1 Å². The van der Waals surface area contributed by atoms with Crippen LogP contribution in [-0.4, -0.2) is 18.1 Å². The zero-order valence-electron chi connectivity index (χ0n) is 15.4. The lowest BCUT2D eigenvalue weighted by Crippen LogP contribution is -2.22. The van der Waals surface area contributed by atoms with E-state index < -0.39 is 0 Å². The summed E-state index contributed by atoms with van der Waals surface area (Å²) in [6.07, 6.45) is 4.33. The Bertz CT molecular complexity index is 929. The highest BCUT2D eigenvalue weighted by atomic mass is 35.5. The molecule has 3 nitrogen and oxygen atoms in total. The Balaban J connectivity index is 1.66. The number of aromatic nitrogens is 1. The van der Waals surface area contributed by atoms with Crippen molar-refractivity contribution in [2.45, 2.75) is 18.9 Å². The highest BCUT2D eigenvalue weighted by molar-refractivity contribution is 6.30. The van der Waals surface area contributed by atoms with Crippen molar-refractivity contribution in [3.63, 3.8) is 0 Å². The smallest absolute Gasteiger partial charge is 0.141 e. The van der Waals surface area contributed by atoms with Crippen LogP contribution < -0.4 is 10.1 Å². The van der Waals surface area contributed by atoms with Crippen molar-refractivity contribution in [3.8, 4) is 5.75 Å². The summed E-state index contributed by atoms with van der Waals surface area (Å²) >= 11 is 6.26. The number of hydrogen-bond acceptors (Lipinski definition) is 3. The molecule has 2 heterocycles.